The summed E-state index contributed by atoms with van der Waals surface area (Å²) in [5, 5.41) is 0. The van der Waals surface area contributed by atoms with Crippen molar-refractivity contribution in [3.8, 4) is 0 Å². The molecular weight excluding hydrogens is 156 g/mol. The molecule has 0 amide bonds. The fourth-order valence-electron chi connectivity index (χ4n) is 0.890. The average molecular weight is 171 g/mol. The van der Waals surface area contributed by atoms with Crippen LogP contribution >= 0.6 is 0 Å². The quantitative estimate of drug-likeness (QED) is 0.458. The van der Waals surface area contributed by atoms with Crippen molar-refractivity contribution < 1.29 is 14.0 Å². The van der Waals surface area contributed by atoms with Crippen LogP contribution in [0.1, 0.15) is 0 Å². The van der Waals surface area contributed by atoms with Gasteiger partial charge in [-0.05, 0) is 0 Å². The van der Waals surface area contributed by atoms with Crippen molar-refractivity contribution in [3.05, 3.63) is 18.7 Å². The zero-order valence-electron chi connectivity index (χ0n) is 7.56. The molecule has 0 atom stereocenters. The van der Waals surface area contributed by atoms with Crippen molar-refractivity contribution >= 4 is 0 Å². The molecule has 0 unspecified atom stereocenters. The van der Waals surface area contributed by atoms with E-state index < -0.39 is 0 Å². The average Bonchev–Trinajstić information content (AvgIpc) is 2.45. The summed E-state index contributed by atoms with van der Waals surface area (Å²) in [6, 6.07) is 0. The summed E-state index contributed by atoms with van der Waals surface area (Å²) in [5.41, 5.74) is 0. The molecule has 0 saturated carbocycles. The van der Waals surface area contributed by atoms with Crippen LogP contribution in [0.2, 0.25) is 0 Å². The SMILES string of the molecule is COCCOCn1cc[n+](C)c1. The number of hydrogen-bond donors (Lipinski definition) is 0. The number of rotatable bonds is 5. The Balaban J connectivity index is 2.15. The summed E-state index contributed by atoms with van der Waals surface area (Å²) in [6.07, 6.45) is 5.90. The van der Waals surface area contributed by atoms with Crippen LogP contribution in [0.15, 0.2) is 18.7 Å². The van der Waals surface area contributed by atoms with Gasteiger partial charge in [0, 0.05) is 7.11 Å². The summed E-state index contributed by atoms with van der Waals surface area (Å²) in [7, 11) is 3.64. The number of imidazole rings is 1. The molecule has 0 aromatic carbocycles. The molecule has 4 nitrogen and oxygen atoms in total. The Hall–Kier alpha value is -0.870. The van der Waals surface area contributed by atoms with Crippen molar-refractivity contribution in [3.63, 3.8) is 0 Å². The summed E-state index contributed by atoms with van der Waals surface area (Å²) >= 11 is 0. The predicted octanol–water partition coefficient (Wildman–Crippen LogP) is -0.0669. The lowest BCUT2D eigenvalue weighted by Crippen LogP contribution is -2.24. The highest BCUT2D eigenvalue weighted by atomic mass is 16.5. The fraction of sp³-hybridized carbons (Fsp3) is 0.625. The van der Waals surface area contributed by atoms with E-state index in [0.29, 0.717) is 19.9 Å². The lowest BCUT2D eigenvalue weighted by molar-refractivity contribution is -0.671. The molecule has 0 aliphatic rings. The third kappa shape index (κ3) is 3.02. The lowest BCUT2D eigenvalue weighted by atomic mass is 10.8. The van der Waals surface area contributed by atoms with Crippen LogP contribution in [0.3, 0.4) is 0 Å². The van der Waals surface area contributed by atoms with Gasteiger partial charge in [0.1, 0.15) is 12.4 Å². The predicted molar refractivity (Wildman–Crippen MR) is 43.4 cm³/mol. The van der Waals surface area contributed by atoms with Crippen LogP contribution in [-0.4, -0.2) is 24.9 Å². The van der Waals surface area contributed by atoms with Gasteiger partial charge in [0.15, 0.2) is 6.73 Å². The summed E-state index contributed by atoms with van der Waals surface area (Å²) < 4.78 is 14.1. The van der Waals surface area contributed by atoms with Gasteiger partial charge in [0.05, 0.1) is 20.3 Å². The number of methoxy groups -OCH3 is 1. The van der Waals surface area contributed by atoms with Crippen LogP contribution in [0.5, 0.6) is 0 Å². The van der Waals surface area contributed by atoms with Crippen LogP contribution in [0.25, 0.3) is 0 Å². The third-order valence-corrected chi connectivity index (χ3v) is 1.50. The minimum Gasteiger partial charge on any atom is -0.382 e. The molecule has 0 aliphatic carbocycles. The summed E-state index contributed by atoms with van der Waals surface area (Å²) in [6.45, 7) is 1.87. The molecule has 0 saturated heterocycles. The Bertz CT molecular complexity index is 223. The smallest absolute Gasteiger partial charge is 0.245 e. The Kier molecular flexibility index (Phi) is 3.76. The first kappa shape index (κ1) is 9.22. The third-order valence-electron chi connectivity index (χ3n) is 1.50. The molecule has 0 radical (unpaired) electrons. The number of ether oxygens (including phenoxy) is 2. The number of aryl methyl sites for hydroxylation is 1. The normalized spacial score (nSPS) is 10.5. The molecule has 68 valence electrons. The van der Waals surface area contributed by atoms with Crippen molar-refractivity contribution in [2.24, 2.45) is 7.05 Å². The Morgan fingerprint density at radius 1 is 1.42 bits per heavy atom. The number of hydrogen-bond acceptors (Lipinski definition) is 2. The van der Waals surface area contributed by atoms with Crippen molar-refractivity contribution in [1.82, 2.24) is 4.57 Å². The van der Waals surface area contributed by atoms with Gasteiger partial charge in [-0.1, -0.05) is 0 Å². The van der Waals surface area contributed by atoms with E-state index in [1.807, 2.05) is 34.9 Å². The number of aromatic nitrogens is 2. The number of nitrogens with zero attached hydrogens (tertiary/aromatic N) is 2. The molecular formula is C8H15N2O2+. The molecule has 12 heavy (non-hydrogen) atoms. The topological polar surface area (TPSA) is 27.3 Å². The standard InChI is InChI=1S/C8H15N2O2/c1-9-3-4-10(7-9)8-12-6-5-11-2/h3-4,7H,5-6,8H2,1-2H3/q+1. The van der Waals surface area contributed by atoms with E-state index in [1.165, 1.54) is 0 Å². The monoisotopic (exact) mass is 171 g/mol. The van der Waals surface area contributed by atoms with E-state index in [9.17, 15) is 0 Å². The Morgan fingerprint density at radius 2 is 2.25 bits per heavy atom. The first-order valence-electron chi connectivity index (χ1n) is 3.90. The summed E-state index contributed by atoms with van der Waals surface area (Å²) in [4.78, 5) is 0. The highest BCUT2D eigenvalue weighted by molar-refractivity contribution is 4.63. The van der Waals surface area contributed by atoms with Gasteiger partial charge in [0.25, 0.3) is 0 Å². The van der Waals surface area contributed by atoms with E-state index in [1.54, 1.807) is 7.11 Å². The lowest BCUT2D eigenvalue weighted by Gasteiger charge is -1.98. The van der Waals surface area contributed by atoms with Gasteiger partial charge in [-0.15, -0.1) is 0 Å². The fourth-order valence-corrected chi connectivity index (χ4v) is 0.890. The molecule has 0 bridgehead atoms. The molecule has 0 spiro atoms. The second kappa shape index (κ2) is 4.90. The minimum absolute atomic E-state index is 0.587. The molecule has 0 N–H and O–H groups in total. The van der Waals surface area contributed by atoms with Gasteiger partial charge in [-0.2, -0.15) is 0 Å². The molecule has 1 rings (SSSR count). The zero-order chi connectivity index (χ0) is 8.81. The van der Waals surface area contributed by atoms with E-state index >= 15 is 0 Å². The van der Waals surface area contributed by atoms with Crippen molar-refractivity contribution in [1.29, 1.82) is 0 Å². The second-order valence-electron chi connectivity index (χ2n) is 2.62. The van der Waals surface area contributed by atoms with Gasteiger partial charge in [-0.3, -0.25) is 0 Å². The maximum atomic E-state index is 5.30. The zero-order valence-corrected chi connectivity index (χ0v) is 7.56. The molecule has 1 heterocycles. The van der Waals surface area contributed by atoms with Crippen molar-refractivity contribution in [2.45, 2.75) is 6.73 Å². The molecule has 0 aliphatic heterocycles. The maximum absolute atomic E-state index is 5.30. The first-order valence-corrected chi connectivity index (χ1v) is 3.90. The van der Waals surface area contributed by atoms with E-state index in [-0.39, 0.29) is 0 Å². The van der Waals surface area contributed by atoms with Crippen LogP contribution in [-0.2, 0) is 23.3 Å². The van der Waals surface area contributed by atoms with Crippen LogP contribution < -0.4 is 4.57 Å². The van der Waals surface area contributed by atoms with Gasteiger partial charge in [-0.25, -0.2) is 9.13 Å². The van der Waals surface area contributed by atoms with E-state index in [2.05, 4.69) is 0 Å². The van der Waals surface area contributed by atoms with Crippen LogP contribution in [0, 0.1) is 0 Å². The second-order valence-corrected chi connectivity index (χ2v) is 2.62. The highest BCUT2D eigenvalue weighted by Crippen LogP contribution is 1.85. The summed E-state index contributed by atoms with van der Waals surface area (Å²) in [5.74, 6) is 0. The molecule has 0 fully saturated rings. The molecule has 1 aromatic rings. The van der Waals surface area contributed by atoms with E-state index in [0.717, 1.165) is 0 Å². The van der Waals surface area contributed by atoms with E-state index in [4.69, 9.17) is 9.47 Å². The van der Waals surface area contributed by atoms with Gasteiger partial charge in [0.2, 0.25) is 6.33 Å². The highest BCUT2D eigenvalue weighted by Gasteiger charge is 1.97. The van der Waals surface area contributed by atoms with Crippen LogP contribution in [0.4, 0.5) is 0 Å². The van der Waals surface area contributed by atoms with Crippen molar-refractivity contribution in [2.75, 3.05) is 20.3 Å². The Labute approximate surface area is 72.3 Å². The van der Waals surface area contributed by atoms with Gasteiger partial charge < -0.3 is 9.47 Å². The molecule has 1 aromatic heterocycles. The minimum atomic E-state index is 0.587. The largest absolute Gasteiger partial charge is 0.382 e. The van der Waals surface area contributed by atoms with Gasteiger partial charge >= 0.3 is 0 Å². The first-order chi connectivity index (χ1) is 5.83. The maximum Gasteiger partial charge on any atom is 0.245 e. The molecule has 4 heteroatoms. The Morgan fingerprint density at radius 3 is 2.83 bits per heavy atom.